The first-order valence-electron chi connectivity index (χ1n) is 5.87. The van der Waals surface area contributed by atoms with Gasteiger partial charge in [-0.2, -0.15) is 0 Å². The summed E-state index contributed by atoms with van der Waals surface area (Å²) in [5.41, 5.74) is 2.33. The van der Waals surface area contributed by atoms with Crippen molar-refractivity contribution < 1.29 is 4.74 Å². The molecule has 0 spiro atoms. The first-order chi connectivity index (χ1) is 9.20. The molecule has 19 heavy (non-hydrogen) atoms. The molecular weight excluding hydrogens is 436 g/mol. The lowest BCUT2D eigenvalue weighted by Crippen LogP contribution is -2.06. The maximum atomic E-state index is 5.99. The van der Waals surface area contributed by atoms with E-state index in [0.717, 1.165) is 19.8 Å². The standard InChI is InChI=1S/C15H13Br3O/c16-9-15(11-5-7-13(17)8-6-11)19-10-12-3-1-2-4-14(12)18/h1-8,15H,9-10H2. The van der Waals surface area contributed by atoms with E-state index in [2.05, 4.69) is 66.0 Å². The zero-order chi connectivity index (χ0) is 13.7. The Hall–Kier alpha value is -0.160. The molecule has 0 amide bonds. The molecule has 2 aromatic rings. The largest absolute Gasteiger partial charge is 0.368 e. The van der Waals surface area contributed by atoms with E-state index in [4.69, 9.17) is 4.74 Å². The highest BCUT2D eigenvalue weighted by Gasteiger charge is 2.11. The van der Waals surface area contributed by atoms with Gasteiger partial charge in [0.05, 0.1) is 12.7 Å². The molecule has 0 aromatic heterocycles. The van der Waals surface area contributed by atoms with Crippen LogP contribution < -0.4 is 0 Å². The number of benzene rings is 2. The average molecular weight is 449 g/mol. The predicted molar refractivity (Wildman–Crippen MR) is 89.6 cm³/mol. The Balaban J connectivity index is 2.04. The van der Waals surface area contributed by atoms with Crippen molar-refractivity contribution in [1.29, 1.82) is 0 Å². The Morgan fingerprint density at radius 3 is 2.26 bits per heavy atom. The summed E-state index contributed by atoms with van der Waals surface area (Å²) in [6.45, 7) is 0.591. The minimum absolute atomic E-state index is 0.0557. The summed E-state index contributed by atoms with van der Waals surface area (Å²) in [6.07, 6.45) is 0.0557. The van der Waals surface area contributed by atoms with Gasteiger partial charge in [0, 0.05) is 14.3 Å². The van der Waals surface area contributed by atoms with Crippen molar-refractivity contribution in [3.8, 4) is 0 Å². The van der Waals surface area contributed by atoms with Crippen LogP contribution in [0, 0.1) is 0 Å². The summed E-state index contributed by atoms with van der Waals surface area (Å²) in [7, 11) is 0. The monoisotopic (exact) mass is 446 g/mol. The maximum absolute atomic E-state index is 5.99. The van der Waals surface area contributed by atoms with Crippen LogP contribution in [-0.4, -0.2) is 5.33 Å². The second-order valence-electron chi connectivity index (χ2n) is 4.10. The molecular formula is C15H13Br3O. The van der Waals surface area contributed by atoms with E-state index in [1.807, 2.05) is 30.3 Å². The van der Waals surface area contributed by atoms with Gasteiger partial charge in [-0.25, -0.2) is 0 Å². The quantitative estimate of drug-likeness (QED) is 0.520. The normalized spacial score (nSPS) is 12.4. The van der Waals surface area contributed by atoms with Crippen molar-refractivity contribution in [2.75, 3.05) is 5.33 Å². The highest BCUT2D eigenvalue weighted by molar-refractivity contribution is 9.10. The molecule has 4 heteroatoms. The number of halogens is 3. The number of ether oxygens (including phenoxy) is 1. The van der Waals surface area contributed by atoms with Crippen LogP contribution in [0.2, 0.25) is 0 Å². The highest BCUT2D eigenvalue weighted by atomic mass is 79.9. The molecule has 2 aromatic carbocycles. The van der Waals surface area contributed by atoms with Crippen molar-refractivity contribution in [2.45, 2.75) is 12.7 Å². The van der Waals surface area contributed by atoms with E-state index in [1.165, 1.54) is 5.56 Å². The van der Waals surface area contributed by atoms with Crippen molar-refractivity contribution >= 4 is 47.8 Å². The molecule has 0 saturated heterocycles. The molecule has 1 atom stereocenters. The molecule has 0 aliphatic heterocycles. The van der Waals surface area contributed by atoms with Crippen LogP contribution >= 0.6 is 47.8 Å². The Labute approximate surface area is 138 Å². The predicted octanol–water partition coefficient (Wildman–Crippen LogP) is 5.86. The van der Waals surface area contributed by atoms with Gasteiger partial charge in [0.1, 0.15) is 0 Å². The zero-order valence-electron chi connectivity index (χ0n) is 10.2. The lowest BCUT2D eigenvalue weighted by Gasteiger charge is -2.16. The van der Waals surface area contributed by atoms with E-state index in [9.17, 15) is 0 Å². The second-order valence-corrected chi connectivity index (χ2v) is 6.51. The lowest BCUT2D eigenvalue weighted by molar-refractivity contribution is 0.0562. The van der Waals surface area contributed by atoms with Gasteiger partial charge in [0.25, 0.3) is 0 Å². The Bertz CT molecular complexity index is 525. The molecule has 100 valence electrons. The first-order valence-corrected chi connectivity index (χ1v) is 8.58. The van der Waals surface area contributed by atoms with Crippen molar-refractivity contribution in [2.24, 2.45) is 0 Å². The van der Waals surface area contributed by atoms with E-state index >= 15 is 0 Å². The number of hydrogen-bond acceptors (Lipinski definition) is 1. The van der Waals surface area contributed by atoms with Gasteiger partial charge in [0.15, 0.2) is 0 Å². The topological polar surface area (TPSA) is 9.23 Å². The lowest BCUT2D eigenvalue weighted by atomic mass is 10.1. The second kappa shape index (κ2) is 7.58. The van der Waals surface area contributed by atoms with Crippen LogP contribution in [0.1, 0.15) is 17.2 Å². The SMILES string of the molecule is BrCC(OCc1ccccc1Br)c1ccc(Br)cc1. The highest BCUT2D eigenvalue weighted by Crippen LogP contribution is 2.25. The van der Waals surface area contributed by atoms with Gasteiger partial charge < -0.3 is 4.74 Å². The molecule has 1 unspecified atom stereocenters. The van der Waals surface area contributed by atoms with E-state index in [0.29, 0.717) is 6.61 Å². The molecule has 0 aliphatic rings. The third-order valence-corrected chi connectivity index (χ3v) is 4.67. The fourth-order valence-electron chi connectivity index (χ4n) is 1.71. The van der Waals surface area contributed by atoms with Crippen LogP contribution in [0.5, 0.6) is 0 Å². The van der Waals surface area contributed by atoms with E-state index in [1.54, 1.807) is 0 Å². The minimum Gasteiger partial charge on any atom is -0.368 e. The third-order valence-electron chi connectivity index (χ3n) is 2.78. The van der Waals surface area contributed by atoms with Crippen LogP contribution in [0.25, 0.3) is 0 Å². The summed E-state index contributed by atoms with van der Waals surface area (Å²) in [5, 5.41) is 0.777. The number of rotatable bonds is 5. The Kier molecular flexibility index (Phi) is 6.07. The van der Waals surface area contributed by atoms with Crippen molar-refractivity contribution in [3.63, 3.8) is 0 Å². The summed E-state index contributed by atoms with van der Waals surface area (Å²) < 4.78 is 8.15. The van der Waals surface area contributed by atoms with Gasteiger partial charge in [-0.05, 0) is 29.3 Å². The zero-order valence-corrected chi connectivity index (χ0v) is 14.9. The summed E-state index contributed by atoms with van der Waals surface area (Å²) in [5.74, 6) is 0. The van der Waals surface area contributed by atoms with E-state index in [-0.39, 0.29) is 6.10 Å². The van der Waals surface area contributed by atoms with Gasteiger partial charge in [-0.3, -0.25) is 0 Å². The fraction of sp³-hybridized carbons (Fsp3) is 0.200. The third kappa shape index (κ3) is 4.42. The molecule has 2 rings (SSSR count). The molecule has 1 nitrogen and oxygen atoms in total. The number of alkyl halides is 1. The van der Waals surface area contributed by atoms with Crippen LogP contribution in [-0.2, 0) is 11.3 Å². The fourth-order valence-corrected chi connectivity index (χ4v) is 2.94. The van der Waals surface area contributed by atoms with Crippen molar-refractivity contribution in [1.82, 2.24) is 0 Å². The smallest absolute Gasteiger partial charge is 0.0926 e. The molecule has 0 fully saturated rings. The minimum atomic E-state index is 0.0557. The molecule has 0 aliphatic carbocycles. The molecule has 0 heterocycles. The molecule has 0 saturated carbocycles. The summed E-state index contributed by atoms with van der Waals surface area (Å²) in [6, 6.07) is 16.3. The first kappa shape index (κ1) is 15.2. The Morgan fingerprint density at radius 2 is 1.63 bits per heavy atom. The van der Waals surface area contributed by atoms with Gasteiger partial charge in [0.2, 0.25) is 0 Å². The van der Waals surface area contributed by atoms with Crippen LogP contribution in [0.3, 0.4) is 0 Å². The Morgan fingerprint density at radius 1 is 0.947 bits per heavy atom. The summed E-state index contributed by atoms with van der Waals surface area (Å²) in [4.78, 5) is 0. The molecule has 0 bridgehead atoms. The van der Waals surface area contributed by atoms with Gasteiger partial charge >= 0.3 is 0 Å². The average Bonchev–Trinajstić information content (AvgIpc) is 2.43. The molecule has 0 radical (unpaired) electrons. The van der Waals surface area contributed by atoms with Gasteiger partial charge in [-0.15, -0.1) is 0 Å². The summed E-state index contributed by atoms with van der Waals surface area (Å²) >= 11 is 10.5. The maximum Gasteiger partial charge on any atom is 0.0926 e. The van der Waals surface area contributed by atoms with E-state index < -0.39 is 0 Å². The number of hydrogen-bond donors (Lipinski definition) is 0. The molecule has 0 N–H and O–H groups in total. The van der Waals surface area contributed by atoms with Crippen molar-refractivity contribution in [3.05, 3.63) is 68.6 Å². The van der Waals surface area contributed by atoms with Crippen LogP contribution in [0.15, 0.2) is 57.5 Å². The van der Waals surface area contributed by atoms with Crippen LogP contribution in [0.4, 0.5) is 0 Å². The van der Waals surface area contributed by atoms with Gasteiger partial charge in [-0.1, -0.05) is 78.1 Å².